The third-order valence-corrected chi connectivity index (χ3v) is 2.87. The third-order valence-electron chi connectivity index (χ3n) is 2.87. The first-order valence-corrected chi connectivity index (χ1v) is 5.28. The Hall–Kier alpha value is -1.84. The van der Waals surface area contributed by atoms with Crippen molar-refractivity contribution in [3.8, 4) is 0 Å². The molecule has 2 rings (SSSR count). The van der Waals surface area contributed by atoms with Crippen LogP contribution in [0.4, 0.5) is 4.79 Å². The van der Waals surface area contributed by atoms with Crippen LogP contribution in [0.15, 0.2) is 30.3 Å². The molecule has 1 heterocycles. The lowest BCUT2D eigenvalue weighted by molar-refractivity contribution is -0.123. The van der Waals surface area contributed by atoms with E-state index >= 15 is 0 Å². The standard InChI is InChI=1S/C12H14N2O2/c1-12(10(15)13-11(16)14-12)8-7-9-5-3-2-4-6-9/h2-6H,7-8H2,1H3,(H2,13,14,15,16)/t12-/m0/s1. The fourth-order valence-electron chi connectivity index (χ4n) is 1.79. The van der Waals surface area contributed by atoms with Gasteiger partial charge in [-0.2, -0.15) is 0 Å². The van der Waals surface area contributed by atoms with Crippen molar-refractivity contribution in [3.63, 3.8) is 0 Å². The molecule has 1 fully saturated rings. The molecule has 84 valence electrons. The summed E-state index contributed by atoms with van der Waals surface area (Å²) in [5.74, 6) is -0.242. The zero-order valence-electron chi connectivity index (χ0n) is 9.12. The van der Waals surface area contributed by atoms with Crippen LogP contribution < -0.4 is 10.6 Å². The molecule has 4 heteroatoms. The molecule has 1 saturated heterocycles. The summed E-state index contributed by atoms with van der Waals surface area (Å²) < 4.78 is 0. The summed E-state index contributed by atoms with van der Waals surface area (Å²) in [4.78, 5) is 22.6. The van der Waals surface area contributed by atoms with Gasteiger partial charge < -0.3 is 5.32 Å². The summed E-state index contributed by atoms with van der Waals surface area (Å²) in [5.41, 5.74) is 0.394. The minimum Gasteiger partial charge on any atom is -0.324 e. The molecule has 0 saturated carbocycles. The molecule has 1 atom stereocenters. The number of hydrogen-bond acceptors (Lipinski definition) is 2. The Morgan fingerprint density at radius 3 is 2.44 bits per heavy atom. The van der Waals surface area contributed by atoms with Gasteiger partial charge in [-0.25, -0.2) is 4.79 Å². The topological polar surface area (TPSA) is 58.2 Å². The first kappa shape index (κ1) is 10.7. The van der Waals surface area contributed by atoms with Crippen molar-refractivity contribution in [2.45, 2.75) is 25.3 Å². The second-order valence-electron chi connectivity index (χ2n) is 4.23. The van der Waals surface area contributed by atoms with Crippen LogP contribution >= 0.6 is 0 Å². The van der Waals surface area contributed by atoms with Gasteiger partial charge in [-0.05, 0) is 25.3 Å². The molecule has 1 aliphatic rings. The Labute approximate surface area is 94.0 Å². The third kappa shape index (κ3) is 2.05. The van der Waals surface area contributed by atoms with Crippen LogP contribution in [0.3, 0.4) is 0 Å². The maximum atomic E-state index is 11.5. The van der Waals surface area contributed by atoms with Crippen molar-refractivity contribution in [2.75, 3.05) is 0 Å². The molecular formula is C12H14N2O2. The Bertz CT molecular complexity index is 416. The van der Waals surface area contributed by atoms with Gasteiger partial charge in [-0.15, -0.1) is 0 Å². The van der Waals surface area contributed by atoms with Gasteiger partial charge in [-0.1, -0.05) is 30.3 Å². The number of hydrogen-bond donors (Lipinski definition) is 2. The van der Waals surface area contributed by atoms with Crippen molar-refractivity contribution < 1.29 is 9.59 Å². The van der Waals surface area contributed by atoms with Crippen LogP contribution in [0.2, 0.25) is 0 Å². The van der Waals surface area contributed by atoms with Gasteiger partial charge >= 0.3 is 6.03 Å². The van der Waals surface area contributed by atoms with Crippen LogP contribution in [0.25, 0.3) is 0 Å². The van der Waals surface area contributed by atoms with E-state index in [9.17, 15) is 9.59 Å². The van der Waals surface area contributed by atoms with Crippen molar-refractivity contribution in [3.05, 3.63) is 35.9 Å². The summed E-state index contributed by atoms with van der Waals surface area (Å²) in [6.45, 7) is 1.75. The van der Waals surface area contributed by atoms with E-state index in [1.807, 2.05) is 30.3 Å². The Kier molecular flexibility index (Phi) is 2.64. The summed E-state index contributed by atoms with van der Waals surface area (Å²) in [6, 6.07) is 9.50. The fraction of sp³-hybridized carbons (Fsp3) is 0.333. The highest BCUT2D eigenvalue weighted by Gasteiger charge is 2.41. The van der Waals surface area contributed by atoms with E-state index in [-0.39, 0.29) is 5.91 Å². The van der Waals surface area contributed by atoms with Crippen molar-refractivity contribution >= 4 is 11.9 Å². The number of rotatable bonds is 3. The molecule has 3 amide bonds. The van der Waals surface area contributed by atoms with Gasteiger partial charge in [-0.3, -0.25) is 10.1 Å². The molecule has 0 bridgehead atoms. The number of urea groups is 1. The van der Waals surface area contributed by atoms with E-state index in [4.69, 9.17) is 0 Å². The lowest BCUT2D eigenvalue weighted by Crippen LogP contribution is -2.43. The van der Waals surface area contributed by atoms with Gasteiger partial charge in [0.05, 0.1) is 0 Å². The lowest BCUT2D eigenvalue weighted by atomic mass is 9.93. The van der Waals surface area contributed by atoms with Crippen LogP contribution in [0.5, 0.6) is 0 Å². The quantitative estimate of drug-likeness (QED) is 0.749. The van der Waals surface area contributed by atoms with Crippen LogP contribution in [0, 0.1) is 0 Å². The predicted molar refractivity (Wildman–Crippen MR) is 59.8 cm³/mol. The van der Waals surface area contributed by atoms with Crippen molar-refractivity contribution in [1.29, 1.82) is 0 Å². The Morgan fingerprint density at radius 2 is 1.88 bits per heavy atom. The number of benzene rings is 1. The molecule has 1 aromatic carbocycles. The summed E-state index contributed by atoms with van der Waals surface area (Å²) in [5, 5.41) is 4.91. The fourth-order valence-corrected chi connectivity index (χ4v) is 1.79. The summed E-state index contributed by atoms with van der Waals surface area (Å²) in [6.07, 6.45) is 1.37. The predicted octanol–water partition coefficient (Wildman–Crippen LogP) is 1.22. The van der Waals surface area contributed by atoms with Gasteiger partial charge in [0.1, 0.15) is 5.54 Å². The number of carbonyl (C=O) groups is 2. The number of aryl methyl sites for hydroxylation is 1. The highest BCUT2D eigenvalue weighted by atomic mass is 16.2. The molecule has 16 heavy (non-hydrogen) atoms. The van der Waals surface area contributed by atoms with Crippen molar-refractivity contribution in [1.82, 2.24) is 10.6 Å². The molecule has 1 aliphatic heterocycles. The smallest absolute Gasteiger partial charge is 0.322 e. The van der Waals surface area contributed by atoms with Crippen molar-refractivity contribution in [2.24, 2.45) is 0 Å². The van der Waals surface area contributed by atoms with Crippen LogP contribution in [-0.4, -0.2) is 17.5 Å². The van der Waals surface area contributed by atoms with Gasteiger partial charge in [0, 0.05) is 0 Å². The zero-order chi connectivity index (χ0) is 11.6. The second kappa shape index (κ2) is 3.96. The maximum Gasteiger partial charge on any atom is 0.322 e. The first-order valence-electron chi connectivity index (χ1n) is 5.28. The summed E-state index contributed by atoms with van der Waals surface area (Å²) >= 11 is 0. The first-order chi connectivity index (χ1) is 7.60. The molecule has 0 spiro atoms. The van der Waals surface area contributed by atoms with E-state index in [2.05, 4.69) is 10.6 Å². The minimum absolute atomic E-state index is 0.242. The minimum atomic E-state index is -0.771. The SMILES string of the molecule is C[C@@]1(CCc2ccccc2)NC(=O)NC1=O. The second-order valence-corrected chi connectivity index (χ2v) is 4.23. The molecule has 0 aliphatic carbocycles. The largest absolute Gasteiger partial charge is 0.324 e. The van der Waals surface area contributed by atoms with E-state index in [0.717, 1.165) is 12.0 Å². The molecule has 0 unspecified atom stereocenters. The molecule has 2 N–H and O–H groups in total. The molecule has 1 aromatic rings. The van der Waals surface area contributed by atoms with Crippen LogP contribution in [-0.2, 0) is 11.2 Å². The highest BCUT2D eigenvalue weighted by molar-refractivity contribution is 6.06. The Morgan fingerprint density at radius 1 is 1.19 bits per heavy atom. The van der Waals surface area contributed by atoms with E-state index in [1.165, 1.54) is 0 Å². The highest BCUT2D eigenvalue weighted by Crippen LogP contribution is 2.17. The Balaban J connectivity index is 2.00. The monoisotopic (exact) mass is 218 g/mol. The van der Waals surface area contributed by atoms with E-state index in [1.54, 1.807) is 6.92 Å². The molecule has 0 radical (unpaired) electrons. The molecule has 0 aromatic heterocycles. The average Bonchev–Trinajstić information content (AvgIpc) is 2.52. The normalized spacial score (nSPS) is 24.1. The van der Waals surface area contributed by atoms with E-state index < -0.39 is 11.6 Å². The van der Waals surface area contributed by atoms with Gasteiger partial charge in [0.2, 0.25) is 0 Å². The number of amides is 3. The number of imide groups is 1. The molecule has 4 nitrogen and oxygen atoms in total. The van der Waals surface area contributed by atoms with Crippen LogP contribution in [0.1, 0.15) is 18.9 Å². The number of nitrogens with one attached hydrogen (secondary N) is 2. The average molecular weight is 218 g/mol. The zero-order valence-corrected chi connectivity index (χ0v) is 9.12. The lowest BCUT2D eigenvalue weighted by Gasteiger charge is -2.20. The maximum absolute atomic E-state index is 11.5. The molecular weight excluding hydrogens is 204 g/mol. The van der Waals surface area contributed by atoms with E-state index in [0.29, 0.717) is 6.42 Å². The number of carbonyl (C=O) groups excluding carboxylic acids is 2. The van der Waals surface area contributed by atoms with Gasteiger partial charge in [0.25, 0.3) is 5.91 Å². The summed E-state index contributed by atoms with van der Waals surface area (Å²) in [7, 11) is 0. The van der Waals surface area contributed by atoms with Gasteiger partial charge in [0.15, 0.2) is 0 Å².